The first-order valence-corrected chi connectivity index (χ1v) is 24.6. The normalized spacial score (nSPS) is 14.5. The van der Waals surface area contributed by atoms with Crippen LogP contribution in [0.4, 0.5) is 17.1 Å². The Balaban J connectivity index is 1.28. The Kier molecular flexibility index (Phi) is 8.66. The minimum Gasteiger partial charge on any atom is -0.311 e. The first-order valence-electron chi connectivity index (χ1n) is 21.8. The van der Waals surface area contributed by atoms with Crippen LogP contribution < -0.4 is 42.0 Å². The number of benzene rings is 8. The zero-order valence-electron chi connectivity index (χ0n) is 36.2. The van der Waals surface area contributed by atoms with Crippen molar-refractivity contribution in [3.8, 4) is 22.3 Å². The number of rotatable bonds is 4. The SMILES string of the molecule is Cc1cc2c3c(c1)N(c1ccc(C(C)(C)C)cc1-c1cccc(C(C)(C)C)c1)c1cc4c(cc1B3c1ccccc1S2)[Si](c1ccccc1)(c1ccccc1)c1ccccc1-4. The van der Waals surface area contributed by atoms with Crippen LogP contribution in [0.2, 0.25) is 0 Å². The second kappa shape index (κ2) is 13.9. The van der Waals surface area contributed by atoms with Gasteiger partial charge in [0.25, 0.3) is 0 Å². The van der Waals surface area contributed by atoms with Gasteiger partial charge in [0.15, 0.2) is 8.07 Å². The molecule has 4 heteroatoms. The van der Waals surface area contributed by atoms with E-state index in [1.807, 2.05) is 11.8 Å². The average Bonchev–Trinajstić information content (AvgIpc) is 3.55. The minimum atomic E-state index is -2.76. The largest absolute Gasteiger partial charge is 0.311 e. The highest BCUT2D eigenvalue weighted by atomic mass is 32.2. The molecule has 0 bridgehead atoms. The van der Waals surface area contributed by atoms with E-state index in [1.165, 1.54) is 103 Å². The third-order valence-corrected chi connectivity index (χ3v) is 19.6. The molecule has 3 aliphatic rings. The molecule has 1 nitrogen and oxygen atoms in total. The van der Waals surface area contributed by atoms with Crippen LogP contribution in [0, 0.1) is 6.92 Å². The predicted molar refractivity (Wildman–Crippen MR) is 267 cm³/mol. The van der Waals surface area contributed by atoms with Crippen molar-refractivity contribution in [1.29, 1.82) is 0 Å². The Labute approximate surface area is 367 Å². The molecule has 0 aliphatic carbocycles. The van der Waals surface area contributed by atoms with E-state index in [0.717, 1.165) is 0 Å². The topological polar surface area (TPSA) is 3.24 Å². The Morgan fingerprint density at radius 3 is 1.84 bits per heavy atom. The fraction of sp³-hybridized carbons (Fsp3) is 0.158. The summed E-state index contributed by atoms with van der Waals surface area (Å²) in [5.41, 5.74) is 17.2. The van der Waals surface area contributed by atoms with Gasteiger partial charge in [-0.3, -0.25) is 0 Å². The van der Waals surface area contributed by atoms with Crippen LogP contribution in [0.25, 0.3) is 22.3 Å². The molecule has 0 amide bonds. The molecular weight excluding hydrogens is 770 g/mol. The summed E-state index contributed by atoms with van der Waals surface area (Å²) in [6.07, 6.45) is 0. The van der Waals surface area contributed by atoms with Gasteiger partial charge in [-0.05, 0) is 119 Å². The van der Waals surface area contributed by atoms with Gasteiger partial charge >= 0.3 is 0 Å². The molecule has 11 rings (SSSR count). The molecule has 0 saturated heterocycles. The van der Waals surface area contributed by atoms with Gasteiger partial charge in [-0.25, -0.2) is 0 Å². The quantitative estimate of drug-likeness (QED) is 0.163. The van der Waals surface area contributed by atoms with Crippen molar-refractivity contribution in [2.45, 2.75) is 69.1 Å². The Hall–Kier alpha value is -5.81. The number of fused-ring (bicyclic) bond motifs is 7. The molecule has 0 aromatic heterocycles. The molecule has 0 radical (unpaired) electrons. The third-order valence-electron chi connectivity index (χ3n) is 13.5. The fourth-order valence-corrected chi connectivity index (χ4v) is 17.1. The van der Waals surface area contributed by atoms with Crippen molar-refractivity contribution in [1.82, 2.24) is 0 Å². The van der Waals surface area contributed by atoms with Crippen LogP contribution in [-0.2, 0) is 10.8 Å². The van der Waals surface area contributed by atoms with E-state index in [9.17, 15) is 0 Å². The van der Waals surface area contributed by atoms with Crippen LogP contribution in [0.3, 0.4) is 0 Å². The van der Waals surface area contributed by atoms with Gasteiger partial charge in [0, 0.05) is 26.7 Å². The fourth-order valence-electron chi connectivity index (χ4n) is 10.6. The van der Waals surface area contributed by atoms with E-state index in [0.29, 0.717) is 0 Å². The van der Waals surface area contributed by atoms with Gasteiger partial charge in [-0.1, -0.05) is 198 Å². The molecule has 61 heavy (non-hydrogen) atoms. The lowest BCUT2D eigenvalue weighted by atomic mass is 9.34. The molecule has 3 heterocycles. The van der Waals surface area contributed by atoms with Crippen LogP contribution >= 0.6 is 11.8 Å². The van der Waals surface area contributed by atoms with Crippen LogP contribution in [0.15, 0.2) is 186 Å². The molecule has 0 saturated carbocycles. The lowest BCUT2D eigenvalue weighted by Crippen LogP contribution is -2.73. The number of nitrogens with zero attached hydrogens (tertiary/aromatic N) is 1. The summed E-state index contributed by atoms with van der Waals surface area (Å²) in [6.45, 7) is 16.3. The number of hydrogen-bond donors (Lipinski definition) is 0. The highest BCUT2D eigenvalue weighted by Gasteiger charge is 2.51. The van der Waals surface area contributed by atoms with E-state index >= 15 is 0 Å². The second-order valence-corrected chi connectivity index (χ2v) is 24.2. The van der Waals surface area contributed by atoms with E-state index in [1.54, 1.807) is 0 Å². The molecule has 0 unspecified atom stereocenters. The summed E-state index contributed by atoms with van der Waals surface area (Å²) in [5.74, 6) is 0. The summed E-state index contributed by atoms with van der Waals surface area (Å²) >= 11 is 1.94. The van der Waals surface area contributed by atoms with Crippen molar-refractivity contribution in [2.75, 3.05) is 4.90 Å². The molecule has 0 spiro atoms. The first-order chi connectivity index (χ1) is 29.4. The van der Waals surface area contributed by atoms with Crippen LogP contribution in [-0.4, -0.2) is 14.8 Å². The maximum atomic E-state index is 2.69. The molecule has 0 fully saturated rings. The highest BCUT2D eigenvalue weighted by Crippen LogP contribution is 2.48. The van der Waals surface area contributed by atoms with E-state index in [2.05, 4.69) is 229 Å². The molecule has 8 aromatic rings. The van der Waals surface area contributed by atoms with E-state index in [-0.39, 0.29) is 17.5 Å². The summed E-state index contributed by atoms with van der Waals surface area (Å²) in [6, 6.07) is 68.2. The van der Waals surface area contributed by atoms with Crippen LogP contribution in [0.1, 0.15) is 58.2 Å². The summed E-state index contributed by atoms with van der Waals surface area (Å²) in [5, 5.41) is 5.81. The van der Waals surface area contributed by atoms with Gasteiger partial charge in [0.05, 0.1) is 5.69 Å². The third kappa shape index (κ3) is 5.83. The maximum absolute atomic E-state index is 2.76. The Morgan fingerprint density at radius 2 is 1.11 bits per heavy atom. The van der Waals surface area contributed by atoms with Crippen LogP contribution in [0.5, 0.6) is 0 Å². The molecule has 8 aromatic carbocycles. The van der Waals surface area contributed by atoms with Gasteiger partial charge in [-0.2, -0.15) is 0 Å². The average molecular weight is 820 g/mol. The lowest BCUT2D eigenvalue weighted by molar-refractivity contribution is 0.589. The second-order valence-electron chi connectivity index (χ2n) is 19.4. The molecule has 0 N–H and O–H groups in total. The summed E-state index contributed by atoms with van der Waals surface area (Å²) < 4.78 is 0. The van der Waals surface area contributed by atoms with Crippen molar-refractivity contribution in [3.05, 3.63) is 193 Å². The van der Waals surface area contributed by atoms with Crippen molar-refractivity contribution < 1.29 is 0 Å². The number of anilines is 3. The van der Waals surface area contributed by atoms with Gasteiger partial charge in [0.2, 0.25) is 6.71 Å². The maximum Gasteiger partial charge on any atom is 0.249 e. The van der Waals surface area contributed by atoms with Crippen molar-refractivity contribution >= 4 is 80.7 Å². The number of aryl methyl sites for hydroxylation is 1. The highest BCUT2D eigenvalue weighted by molar-refractivity contribution is 8.00. The molecule has 3 aliphatic heterocycles. The predicted octanol–water partition coefficient (Wildman–Crippen LogP) is 10.4. The van der Waals surface area contributed by atoms with Gasteiger partial charge in [-0.15, -0.1) is 0 Å². The van der Waals surface area contributed by atoms with Gasteiger partial charge < -0.3 is 4.90 Å². The molecule has 296 valence electrons. The van der Waals surface area contributed by atoms with Gasteiger partial charge in [0.1, 0.15) is 0 Å². The standard InChI is InChI=1S/C57H50BNSSi/c1-37-31-50-55-52(32-37)60-51-27-16-15-26-46(51)58(55)47-36-54-45(43-25-14-17-28-53(43)61(54,41-21-10-8-11-22-41)42-23-12-9-13-24-42)35-49(47)59(50)48-30-29-40(57(5,6)7)34-44(48)38-19-18-20-39(33-38)56(2,3)4/h8-36H,1-7H3. The zero-order valence-corrected chi connectivity index (χ0v) is 38.0. The van der Waals surface area contributed by atoms with E-state index in [4.69, 9.17) is 0 Å². The summed E-state index contributed by atoms with van der Waals surface area (Å²) in [7, 11) is -2.76. The number of hydrogen-bond acceptors (Lipinski definition) is 2. The van der Waals surface area contributed by atoms with Crippen molar-refractivity contribution in [3.63, 3.8) is 0 Å². The monoisotopic (exact) mass is 819 g/mol. The Morgan fingerprint density at radius 1 is 0.459 bits per heavy atom. The molecular formula is C57H50BNSSi. The van der Waals surface area contributed by atoms with Crippen molar-refractivity contribution in [2.24, 2.45) is 0 Å². The smallest absolute Gasteiger partial charge is 0.249 e. The summed E-state index contributed by atoms with van der Waals surface area (Å²) in [4.78, 5) is 5.37. The first kappa shape index (κ1) is 38.1. The van der Waals surface area contributed by atoms with E-state index < -0.39 is 8.07 Å². The zero-order chi connectivity index (χ0) is 41.8. The molecule has 0 atom stereocenters. The Bertz CT molecular complexity index is 3010. The lowest BCUT2D eigenvalue weighted by Gasteiger charge is -2.42. The minimum absolute atomic E-state index is 0.0178.